The van der Waals surface area contributed by atoms with E-state index in [1.165, 1.54) is 6.07 Å². The van der Waals surface area contributed by atoms with Gasteiger partial charge in [0, 0.05) is 5.69 Å². The van der Waals surface area contributed by atoms with Crippen LogP contribution in [0.4, 0.5) is 0 Å². The van der Waals surface area contributed by atoms with E-state index < -0.39 is 0 Å². The van der Waals surface area contributed by atoms with Gasteiger partial charge in [-0.15, -0.1) is 0 Å². The fraction of sp³-hybridized carbons (Fsp3) is 0. The molecular weight excluding hydrogens is 274 g/mol. The second-order valence-corrected chi connectivity index (χ2v) is 4.58. The molecule has 0 radical (unpaired) electrons. The first-order chi connectivity index (χ1) is 9.68. The summed E-state index contributed by atoms with van der Waals surface area (Å²) in [6, 6.07) is 14.2. The highest BCUT2D eigenvalue weighted by Gasteiger charge is 2.15. The zero-order valence-corrected chi connectivity index (χ0v) is 11.1. The number of nitrogens with zero attached hydrogens (tertiary/aromatic N) is 2. The van der Waals surface area contributed by atoms with E-state index in [0.717, 1.165) is 5.69 Å². The van der Waals surface area contributed by atoms with Crippen molar-refractivity contribution in [3.05, 3.63) is 53.3 Å². The number of H-pyrrole nitrogens is 1. The van der Waals surface area contributed by atoms with Gasteiger partial charge in [0.1, 0.15) is 0 Å². The first kappa shape index (κ1) is 12.4. The van der Waals surface area contributed by atoms with Gasteiger partial charge in [0.15, 0.2) is 22.1 Å². The minimum atomic E-state index is -0.223. The van der Waals surface area contributed by atoms with Crippen molar-refractivity contribution in [1.82, 2.24) is 14.8 Å². The molecule has 0 aliphatic rings. The third-order valence-electron chi connectivity index (χ3n) is 2.94. The van der Waals surface area contributed by atoms with Crippen LogP contribution in [0, 0.1) is 4.77 Å². The van der Waals surface area contributed by atoms with Gasteiger partial charge in [-0.25, -0.2) is 0 Å². The summed E-state index contributed by atoms with van der Waals surface area (Å²) in [6.07, 6.45) is 0. The van der Waals surface area contributed by atoms with E-state index in [-0.39, 0.29) is 11.5 Å². The van der Waals surface area contributed by atoms with Gasteiger partial charge in [-0.3, -0.25) is 9.67 Å². The highest BCUT2D eigenvalue weighted by Crippen LogP contribution is 2.35. The third-order valence-corrected chi connectivity index (χ3v) is 3.22. The quantitative estimate of drug-likeness (QED) is 0.500. The molecule has 0 bridgehead atoms. The molecule has 3 aromatic rings. The largest absolute Gasteiger partial charge is 0.504 e. The number of para-hydroxylation sites is 2. The van der Waals surface area contributed by atoms with Crippen LogP contribution in [0.3, 0.4) is 0 Å². The summed E-state index contributed by atoms with van der Waals surface area (Å²) < 4.78 is 2.11. The summed E-state index contributed by atoms with van der Waals surface area (Å²) in [5.41, 5.74) is 1.23. The normalized spacial score (nSPS) is 10.6. The maximum atomic E-state index is 9.98. The molecule has 3 rings (SSSR count). The minimum absolute atomic E-state index is 0.198. The van der Waals surface area contributed by atoms with Crippen LogP contribution in [-0.2, 0) is 0 Å². The van der Waals surface area contributed by atoms with Gasteiger partial charge in [-0.05, 0) is 36.5 Å². The van der Waals surface area contributed by atoms with Crippen LogP contribution in [0.1, 0.15) is 0 Å². The summed E-state index contributed by atoms with van der Waals surface area (Å²) in [5.74, 6) is 0.0179. The fourth-order valence-corrected chi connectivity index (χ4v) is 2.24. The van der Waals surface area contributed by atoms with Crippen molar-refractivity contribution in [3.63, 3.8) is 0 Å². The van der Waals surface area contributed by atoms with Gasteiger partial charge in [0.05, 0.1) is 5.56 Å². The molecule has 100 valence electrons. The Morgan fingerprint density at radius 3 is 2.50 bits per heavy atom. The smallest absolute Gasteiger partial charge is 0.200 e. The number of phenolic OH excluding ortho intramolecular Hbond substituents is 2. The van der Waals surface area contributed by atoms with Crippen LogP contribution in [0.2, 0.25) is 0 Å². The molecule has 2 aromatic carbocycles. The number of benzene rings is 2. The first-order valence-corrected chi connectivity index (χ1v) is 6.33. The van der Waals surface area contributed by atoms with Gasteiger partial charge in [0.25, 0.3) is 0 Å². The second-order valence-electron chi connectivity index (χ2n) is 4.20. The molecular formula is C14H11N3O2S. The van der Waals surface area contributed by atoms with Gasteiger partial charge in [-0.2, -0.15) is 5.10 Å². The number of aromatic hydroxyl groups is 2. The summed E-state index contributed by atoms with van der Waals surface area (Å²) in [4.78, 5) is 0. The number of hydrogen-bond acceptors (Lipinski definition) is 4. The monoisotopic (exact) mass is 285 g/mol. The van der Waals surface area contributed by atoms with E-state index in [4.69, 9.17) is 12.2 Å². The number of aromatic nitrogens is 3. The molecule has 3 N–H and O–H groups in total. The molecule has 0 aliphatic heterocycles. The fourth-order valence-electron chi connectivity index (χ4n) is 2.01. The van der Waals surface area contributed by atoms with E-state index in [1.807, 2.05) is 30.3 Å². The Hall–Kier alpha value is -2.60. The second kappa shape index (κ2) is 4.82. The van der Waals surface area contributed by atoms with Crippen molar-refractivity contribution in [2.45, 2.75) is 0 Å². The van der Waals surface area contributed by atoms with E-state index in [1.54, 1.807) is 16.7 Å². The number of aromatic amines is 1. The van der Waals surface area contributed by atoms with Gasteiger partial charge in [-0.1, -0.05) is 24.3 Å². The highest BCUT2D eigenvalue weighted by atomic mass is 32.1. The summed E-state index contributed by atoms with van der Waals surface area (Å²) in [6.45, 7) is 0. The number of nitrogens with one attached hydrogen (secondary N) is 1. The lowest BCUT2D eigenvalue weighted by atomic mass is 10.1. The molecule has 0 saturated carbocycles. The number of hydrogen-bond donors (Lipinski definition) is 3. The lowest BCUT2D eigenvalue weighted by molar-refractivity contribution is 0.405. The maximum absolute atomic E-state index is 9.98. The zero-order valence-electron chi connectivity index (χ0n) is 10.3. The zero-order chi connectivity index (χ0) is 14.1. The average Bonchev–Trinajstić information content (AvgIpc) is 2.84. The summed E-state index contributed by atoms with van der Waals surface area (Å²) in [7, 11) is 0. The highest BCUT2D eigenvalue weighted by molar-refractivity contribution is 7.71. The first-order valence-electron chi connectivity index (χ1n) is 5.92. The Morgan fingerprint density at radius 1 is 1.00 bits per heavy atom. The van der Waals surface area contributed by atoms with Crippen LogP contribution in [0.25, 0.3) is 17.1 Å². The van der Waals surface area contributed by atoms with Crippen LogP contribution < -0.4 is 0 Å². The molecule has 0 spiro atoms. The van der Waals surface area contributed by atoms with Gasteiger partial charge in [0.2, 0.25) is 0 Å². The van der Waals surface area contributed by atoms with Crippen molar-refractivity contribution in [2.24, 2.45) is 0 Å². The molecule has 0 saturated heterocycles. The van der Waals surface area contributed by atoms with Gasteiger partial charge < -0.3 is 10.2 Å². The van der Waals surface area contributed by atoms with Crippen LogP contribution in [0.15, 0.2) is 48.5 Å². The predicted molar refractivity (Wildman–Crippen MR) is 77.5 cm³/mol. The summed E-state index contributed by atoms with van der Waals surface area (Å²) >= 11 is 5.23. The van der Waals surface area contributed by atoms with E-state index >= 15 is 0 Å². The van der Waals surface area contributed by atoms with Crippen LogP contribution >= 0.6 is 12.2 Å². The molecule has 0 amide bonds. The van der Waals surface area contributed by atoms with E-state index in [2.05, 4.69) is 10.2 Å². The standard InChI is InChI=1S/C14H11N3O2S/c18-11-8-4-7-10(12(11)19)13-15-16-14(20)17(13)9-5-2-1-3-6-9/h1-8,18-19H,(H,16,20). The molecule has 6 heteroatoms. The number of phenols is 2. The average molecular weight is 285 g/mol. The van der Waals surface area contributed by atoms with Crippen molar-refractivity contribution in [1.29, 1.82) is 0 Å². The van der Waals surface area contributed by atoms with Crippen molar-refractivity contribution >= 4 is 12.2 Å². The third kappa shape index (κ3) is 1.96. The molecule has 20 heavy (non-hydrogen) atoms. The lowest BCUT2D eigenvalue weighted by Gasteiger charge is -2.08. The molecule has 1 heterocycles. The summed E-state index contributed by atoms with van der Waals surface area (Å²) in [5, 5.41) is 26.4. The Morgan fingerprint density at radius 2 is 1.75 bits per heavy atom. The Balaban J connectivity index is 2.27. The van der Waals surface area contributed by atoms with Crippen molar-refractivity contribution in [2.75, 3.05) is 0 Å². The van der Waals surface area contributed by atoms with E-state index in [9.17, 15) is 10.2 Å². The topological polar surface area (TPSA) is 74.1 Å². The molecule has 0 aliphatic carbocycles. The molecule has 0 unspecified atom stereocenters. The van der Waals surface area contributed by atoms with Crippen molar-refractivity contribution in [3.8, 4) is 28.6 Å². The number of rotatable bonds is 2. The molecule has 5 nitrogen and oxygen atoms in total. The SMILES string of the molecule is Oc1cccc(-c2n[nH]c(=S)n2-c2ccccc2)c1O. The molecule has 1 aromatic heterocycles. The van der Waals surface area contributed by atoms with Crippen LogP contribution in [0.5, 0.6) is 11.5 Å². The van der Waals surface area contributed by atoms with Gasteiger partial charge >= 0.3 is 0 Å². The Kier molecular flexibility index (Phi) is 3.00. The Labute approximate surface area is 119 Å². The maximum Gasteiger partial charge on any atom is 0.200 e. The van der Waals surface area contributed by atoms with Crippen molar-refractivity contribution < 1.29 is 10.2 Å². The Bertz CT molecular complexity index is 809. The predicted octanol–water partition coefficient (Wildman–Crippen LogP) is 3.01. The van der Waals surface area contributed by atoms with E-state index in [0.29, 0.717) is 16.2 Å². The van der Waals surface area contributed by atoms with Crippen LogP contribution in [-0.4, -0.2) is 25.0 Å². The lowest BCUT2D eigenvalue weighted by Crippen LogP contribution is -1.97. The molecule has 0 fully saturated rings. The molecule has 0 atom stereocenters. The minimum Gasteiger partial charge on any atom is -0.504 e.